The van der Waals surface area contributed by atoms with Gasteiger partial charge in [0, 0.05) is 57.0 Å². The minimum absolute atomic E-state index is 0.0148. The molecule has 0 bridgehead atoms. The van der Waals surface area contributed by atoms with Gasteiger partial charge in [-0.05, 0) is 54.3 Å². The first-order valence-corrected chi connectivity index (χ1v) is 15.6. The summed E-state index contributed by atoms with van der Waals surface area (Å²) in [4.78, 5) is 22.5. The van der Waals surface area contributed by atoms with E-state index in [2.05, 4.69) is 14.8 Å². The smallest absolute Gasteiger partial charge is 0.381 e. The minimum Gasteiger partial charge on any atom is -0.381 e. The van der Waals surface area contributed by atoms with E-state index in [9.17, 15) is 26.4 Å². The normalized spacial score (nSPS) is 18.3. The lowest BCUT2D eigenvalue weighted by molar-refractivity contribution is -0.137. The van der Waals surface area contributed by atoms with Crippen molar-refractivity contribution in [3.8, 4) is 0 Å². The Morgan fingerprint density at radius 1 is 1.02 bits per heavy atom. The third-order valence-electron chi connectivity index (χ3n) is 7.92. The number of fused-ring (bicyclic) bond motifs is 1. The van der Waals surface area contributed by atoms with Gasteiger partial charge in [-0.2, -0.15) is 13.2 Å². The van der Waals surface area contributed by atoms with Crippen LogP contribution in [0.15, 0.2) is 46.3 Å². The number of nitrogens with zero attached hydrogens (tertiary/aromatic N) is 4. The number of ether oxygens (including phenoxy) is 1. The largest absolute Gasteiger partial charge is 0.416 e. The summed E-state index contributed by atoms with van der Waals surface area (Å²) < 4.78 is 73.7. The van der Waals surface area contributed by atoms with Gasteiger partial charge in [-0.25, -0.2) is 13.4 Å². The molecule has 0 N–H and O–H groups in total. The number of alkyl halides is 3. The molecule has 0 atom stereocenters. The lowest BCUT2D eigenvalue weighted by Gasteiger charge is -2.40. The molecule has 2 aromatic carbocycles. The van der Waals surface area contributed by atoms with Crippen molar-refractivity contribution in [2.45, 2.75) is 50.0 Å². The van der Waals surface area contributed by atoms with E-state index in [0.717, 1.165) is 55.8 Å². The van der Waals surface area contributed by atoms with Crippen LogP contribution in [0.1, 0.15) is 36.5 Å². The Bertz CT molecular complexity index is 1580. The second-order valence-corrected chi connectivity index (χ2v) is 13.2. The maximum Gasteiger partial charge on any atom is 0.416 e. The molecular formula is C28H32ClF3N4O4S. The predicted octanol–water partition coefficient (Wildman–Crippen LogP) is 4.21. The summed E-state index contributed by atoms with van der Waals surface area (Å²) in [6, 6.07) is 6.63. The first kappa shape index (κ1) is 30.0. The van der Waals surface area contributed by atoms with Gasteiger partial charge in [0.15, 0.2) is 9.84 Å². The van der Waals surface area contributed by atoms with Crippen molar-refractivity contribution in [1.29, 1.82) is 0 Å². The van der Waals surface area contributed by atoms with Crippen LogP contribution in [0.3, 0.4) is 0 Å². The van der Waals surface area contributed by atoms with E-state index >= 15 is 0 Å². The van der Waals surface area contributed by atoms with E-state index in [0.29, 0.717) is 24.7 Å². The monoisotopic (exact) mass is 612 g/mol. The summed E-state index contributed by atoms with van der Waals surface area (Å²) in [5, 5.41) is 0.107. The molecule has 8 nitrogen and oxygen atoms in total. The Hall–Kier alpha value is -2.51. The lowest BCUT2D eigenvalue weighted by Crippen LogP contribution is -2.51. The van der Waals surface area contributed by atoms with Gasteiger partial charge in [-0.3, -0.25) is 19.2 Å². The fraction of sp³-hybridized carbons (Fsp3) is 0.500. The van der Waals surface area contributed by atoms with Gasteiger partial charge in [-0.15, -0.1) is 0 Å². The van der Waals surface area contributed by atoms with E-state index in [1.807, 2.05) is 0 Å². The van der Waals surface area contributed by atoms with Gasteiger partial charge in [0.25, 0.3) is 5.56 Å². The van der Waals surface area contributed by atoms with Crippen molar-refractivity contribution in [3.05, 3.63) is 68.7 Å². The molecule has 3 aromatic rings. The molecule has 0 radical (unpaired) electrons. The average molecular weight is 613 g/mol. The number of hydrogen-bond acceptors (Lipinski definition) is 7. The summed E-state index contributed by atoms with van der Waals surface area (Å²) in [6.45, 7) is 6.01. The van der Waals surface area contributed by atoms with Crippen LogP contribution in [0.4, 0.5) is 13.2 Å². The minimum atomic E-state index is -4.66. The van der Waals surface area contributed by atoms with E-state index in [1.54, 1.807) is 0 Å². The number of rotatable bonds is 7. The summed E-state index contributed by atoms with van der Waals surface area (Å²) >= 11 is 6.11. The molecule has 2 saturated heterocycles. The van der Waals surface area contributed by atoms with E-state index in [1.165, 1.54) is 31.5 Å². The van der Waals surface area contributed by atoms with Crippen molar-refractivity contribution in [2.24, 2.45) is 0 Å². The van der Waals surface area contributed by atoms with Gasteiger partial charge in [0.2, 0.25) is 0 Å². The second-order valence-electron chi connectivity index (χ2n) is 10.5. The summed E-state index contributed by atoms with van der Waals surface area (Å²) in [5.41, 5.74) is -0.813. The Balaban J connectivity index is 1.46. The molecule has 13 heteroatoms. The highest BCUT2D eigenvalue weighted by Crippen LogP contribution is 2.33. The molecule has 2 fully saturated rings. The average Bonchev–Trinajstić information content (AvgIpc) is 2.95. The third-order valence-corrected chi connectivity index (χ3v) is 9.98. The second kappa shape index (κ2) is 12.0. The van der Waals surface area contributed by atoms with Gasteiger partial charge in [0.05, 0.1) is 40.0 Å². The quantitative estimate of drug-likeness (QED) is 0.395. The van der Waals surface area contributed by atoms with Crippen molar-refractivity contribution in [2.75, 3.05) is 45.1 Å². The maximum atomic E-state index is 13.9. The highest BCUT2D eigenvalue weighted by molar-refractivity contribution is 7.91. The lowest BCUT2D eigenvalue weighted by atomic mass is 10.0. The first-order chi connectivity index (χ1) is 19.5. The van der Waals surface area contributed by atoms with E-state index < -0.39 is 27.1 Å². The summed E-state index contributed by atoms with van der Waals surface area (Å²) in [5.74, 6) is -0.159. The number of benzene rings is 2. The van der Waals surface area contributed by atoms with Crippen molar-refractivity contribution in [1.82, 2.24) is 19.4 Å². The standard InChI is InChI=1S/C28H32ClF3N4O4S/c1-2-41(38,39)25-4-3-22(29)14-19(25)17-36-18-33-26-20(13-21(28(30,31)32)15-24(26)27(36)37)16-34-7-9-35(10-8-34)23-5-11-40-12-6-23/h3-4,13-15,18,23H,2,5-12,16-17H2,1H3. The molecule has 2 aliphatic rings. The number of halogens is 4. The van der Waals surface area contributed by atoms with Crippen LogP contribution in [-0.4, -0.2) is 79.0 Å². The molecule has 0 spiro atoms. The van der Waals surface area contributed by atoms with Crippen LogP contribution in [-0.2, 0) is 33.8 Å². The van der Waals surface area contributed by atoms with Crippen molar-refractivity contribution in [3.63, 3.8) is 0 Å². The summed E-state index contributed by atoms with van der Waals surface area (Å²) in [7, 11) is -3.64. The van der Waals surface area contributed by atoms with Crippen molar-refractivity contribution < 1.29 is 26.3 Å². The summed E-state index contributed by atoms with van der Waals surface area (Å²) in [6.07, 6.45) is -1.44. The number of piperazine rings is 1. The van der Waals surface area contributed by atoms with Crippen LogP contribution < -0.4 is 5.56 Å². The zero-order valence-electron chi connectivity index (χ0n) is 22.7. The van der Waals surface area contributed by atoms with Gasteiger partial charge in [0.1, 0.15) is 0 Å². The number of hydrogen-bond donors (Lipinski definition) is 0. The molecule has 1 aromatic heterocycles. The zero-order chi connectivity index (χ0) is 29.4. The van der Waals surface area contributed by atoms with Crippen LogP contribution in [0.25, 0.3) is 10.9 Å². The Labute approximate surface area is 241 Å². The maximum absolute atomic E-state index is 13.9. The van der Waals surface area contributed by atoms with Crippen LogP contribution in [0.2, 0.25) is 5.02 Å². The SMILES string of the molecule is CCS(=O)(=O)c1ccc(Cl)cc1Cn1cnc2c(CN3CCN(C4CCOCC4)CC3)cc(C(F)(F)F)cc2c1=O. The molecule has 0 amide bonds. The van der Waals surface area contributed by atoms with Crippen LogP contribution in [0, 0.1) is 0 Å². The molecular weight excluding hydrogens is 581 g/mol. The molecule has 0 saturated carbocycles. The van der Waals surface area contributed by atoms with E-state index in [-0.39, 0.29) is 45.2 Å². The van der Waals surface area contributed by atoms with Crippen LogP contribution >= 0.6 is 11.6 Å². The molecule has 0 aliphatic carbocycles. The molecule has 0 unspecified atom stereocenters. The van der Waals surface area contributed by atoms with Gasteiger partial charge in [-0.1, -0.05) is 18.5 Å². The van der Waals surface area contributed by atoms with Gasteiger partial charge >= 0.3 is 6.18 Å². The Kier molecular flexibility index (Phi) is 8.77. The number of sulfone groups is 1. The number of aromatic nitrogens is 2. The van der Waals surface area contributed by atoms with E-state index in [4.69, 9.17) is 16.3 Å². The molecule has 5 rings (SSSR count). The highest BCUT2D eigenvalue weighted by atomic mass is 35.5. The fourth-order valence-electron chi connectivity index (χ4n) is 5.63. The predicted molar refractivity (Wildman–Crippen MR) is 150 cm³/mol. The van der Waals surface area contributed by atoms with Crippen molar-refractivity contribution >= 4 is 32.3 Å². The van der Waals surface area contributed by atoms with Gasteiger partial charge < -0.3 is 4.74 Å². The zero-order valence-corrected chi connectivity index (χ0v) is 24.2. The molecule has 3 heterocycles. The Morgan fingerprint density at radius 3 is 2.39 bits per heavy atom. The third kappa shape index (κ3) is 6.61. The fourth-order valence-corrected chi connectivity index (χ4v) is 6.94. The molecule has 2 aliphatic heterocycles. The van der Waals surface area contributed by atoms with Crippen LogP contribution in [0.5, 0.6) is 0 Å². The molecule has 41 heavy (non-hydrogen) atoms. The topological polar surface area (TPSA) is 84.7 Å². The first-order valence-electron chi connectivity index (χ1n) is 13.6. The Morgan fingerprint density at radius 2 is 1.73 bits per heavy atom. The molecule has 222 valence electrons. The highest BCUT2D eigenvalue weighted by Gasteiger charge is 2.33.